The van der Waals surface area contributed by atoms with Crippen molar-refractivity contribution in [1.29, 1.82) is 0 Å². The lowest BCUT2D eigenvalue weighted by Gasteiger charge is -2.22. The first-order chi connectivity index (χ1) is 14.4. The number of likely N-dealkylation sites (N-methyl/N-ethyl adjacent to an activating group) is 1. The van der Waals surface area contributed by atoms with E-state index in [1.54, 1.807) is 50.9 Å². The van der Waals surface area contributed by atoms with Crippen molar-refractivity contribution in [3.63, 3.8) is 0 Å². The Hall–Kier alpha value is -2.87. The summed E-state index contributed by atoms with van der Waals surface area (Å²) >= 11 is 0. The van der Waals surface area contributed by atoms with E-state index in [0.717, 1.165) is 18.2 Å². The molecule has 0 bridgehead atoms. The summed E-state index contributed by atoms with van der Waals surface area (Å²) < 4.78 is 50.3. The van der Waals surface area contributed by atoms with E-state index >= 15 is 0 Å². The van der Waals surface area contributed by atoms with E-state index in [9.17, 15) is 22.8 Å². The van der Waals surface area contributed by atoms with Gasteiger partial charge in [-0.05, 0) is 46.0 Å². The van der Waals surface area contributed by atoms with Crippen molar-refractivity contribution in [1.82, 2.24) is 4.90 Å². The van der Waals surface area contributed by atoms with Crippen LogP contribution in [0.1, 0.15) is 42.3 Å². The Morgan fingerprint density at radius 2 is 1.65 bits per heavy atom. The van der Waals surface area contributed by atoms with Crippen molar-refractivity contribution >= 4 is 11.8 Å². The van der Waals surface area contributed by atoms with E-state index in [4.69, 9.17) is 9.47 Å². The molecule has 0 aliphatic carbocycles. The van der Waals surface area contributed by atoms with Crippen LogP contribution < -0.4 is 4.74 Å². The van der Waals surface area contributed by atoms with Gasteiger partial charge in [-0.3, -0.25) is 14.5 Å². The molecular formula is C23H26F3NO4. The van der Waals surface area contributed by atoms with Gasteiger partial charge in [-0.2, -0.15) is 13.2 Å². The van der Waals surface area contributed by atoms with Crippen molar-refractivity contribution in [2.45, 2.75) is 32.5 Å². The predicted octanol–water partition coefficient (Wildman–Crippen LogP) is 4.59. The van der Waals surface area contributed by atoms with Crippen molar-refractivity contribution in [2.75, 3.05) is 26.7 Å². The highest BCUT2D eigenvalue weighted by Crippen LogP contribution is 2.33. The number of halogens is 3. The summed E-state index contributed by atoms with van der Waals surface area (Å²) in [5.41, 5.74) is -1.44. The smallest absolute Gasteiger partial charge is 0.416 e. The molecule has 0 saturated carbocycles. The molecule has 0 atom stereocenters. The molecule has 8 heteroatoms. The van der Waals surface area contributed by atoms with Gasteiger partial charge >= 0.3 is 12.1 Å². The first-order valence-electron chi connectivity index (χ1n) is 9.71. The molecule has 0 amide bonds. The lowest BCUT2D eigenvalue weighted by molar-refractivity contribution is -0.155. The molecule has 0 unspecified atom stereocenters. The monoisotopic (exact) mass is 437 g/mol. The van der Waals surface area contributed by atoms with Crippen LogP contribution in [0.2, 0.25) is 0 Å². The minimum Gasteiger partial charge on any atom is -0.491 e. The molecule has 0 spiro atoms. The zero-order valence-corrected chi connectivity index (χ0v) is 18.0. The van der Waals surface area contributed by atoms with Gasteiger partial charge in [-0.1, -0.05) is 30.3 Å². The number of carbonyl (C=O) groups excluding carboxylic acids is 2. The van der Waals surface area contributed by atoms with Gasteiger partial charge in [0, 0.05) is 12.1 Å². The summed E-state index contributed by atoms with van der Waals surface area (Å²) in [4.78, 5) is 26.3. The van der Waals surface area contributed by atoms with E-state index in [1.807, 2.05) is 0 Å². The molecular weight excluding hydrogens is 411 g/mol. The number of ketones is 1. The fraction of sp³-hybridized carbons (Fsp3) is 0.391. The van der Waals surface area contributed by atoms with Gasteiger partial charge in [0.25, 0.3) is 0 Å². The highest BCUT2D eigenvalue weighted by molar-refractivity contribution is 6.10. The van der Waals surface area contributed by atoms with Gasteiger partial charge in [0.2, 0.25) is 0 Å². The standard InChI is InChI=1S/C23H26F3NO4/c1-22(2,3)31-20(28)15-27(4)12-13-30-19-11-10-17(23(24,25)26)14-18(19)21(29)16-8-6-5-7-9-16/h5-11,14H,12-13,15H2,1-4H3. The number of nitrogens with zero attached hydrogens (tertiary/aromatic N) is 1. The van der Waals surface area contributed by atoms with E-state index in [0.29, 0.717) is 6.54 Å². The SMILES string of the molecule is CN(CCOc1ccc(C(F)(F)F)cc1C(=O)c1ccccc1)CC(=O)OC(C)(C)C. The molecule has 0 saturated heterocycles. The zero-order valence-electron chi connectivity index (χ0n) is 18.0. The maximum atomic E-state index is 13.2. The molecule has 2 rings (SSSR count). The topological polar surface area (TPSA) is 55.8 Å². The van der Waals surface area contributed by atoms with Gasteiger partial charge in [-0.15, -0.1) is 0 Å². The highest BCUT2D eigenvalue weighted by Gasteiger charge is 2.32. The lowest BCUT2D eigenvalue weighted by Crippen LogP contribution is -2.34. The van der Waals surface area contributed by atoms with Gasteiger partial charge < -0.3 is 9.47 Å². The molecule has 31 heavy (non-hydrogen) atoms. The zero-order chi connectivity index (χ0) is 23.2. The Labute approximate surface area is 179 Å². The molecule has 2 aromatic carbocycles. The molecule has 0 heterocycles. The second kappa shape index (κ2) is 9.96. The van der Waals surface area contributed by atoms with Crippen molar-refractivity contribution in [3.05, 3.63) is 65.2 Å². The van der Waals surface area contributed by atoms with Gasteiger partial charge in [-0.25, -0.2) is 0 Å². The van der Waals surface area contributed by atoms with Gasteiger partial charge in [0.05, 0.1) is 17.7 Å². The summed E-state index contributed by atoms with van der Waals surface area (Å²) in [6, 6.07) is 10.9. The Morgan fingerprint density at radius 3 is 2.23 bits per heavy atom. The largest absolute Gasteiger partial charge is 0.491 e. The average Bonchev–Trinajstić information content (AvgIpc) is 2.66. The third kappa shape index (κ3) is 7.71. The molecule has 0 aromatic heterocycles. The van der Waals surface area contributed by atoms with Crippen LogP contribution >= 0.6 is 0 Å². The van der Waals surface area contributed by atoms with E-state index in [2.05, 4.69) is 0 Å². The molecule has 0 aliphatic rings. The number of alkyl halides is 3. The third-order valence-corrected chi connectivity index (χ3v) is 4.14. The average molecular weight is 437 g/mol. The third-order valence-electron chi connectivity index (χ3n) is 4.14. The lowest BCUT2D eigenvalue weighted by atomic mass is 10.00. The Bertz CT molecular complexity index is 905. The second-order valence-corrected chi connectivity index (χ2v) is 8.08. The number of hydrogen-bond donors (Lipinski definition) is 0. The van der Waals surface area contributed by atoms with Gasteiger partial charge in [0.15, 0.2) is 5.78 Å². The summed E-state index contributed by atoms with van der Waals surface area (Å²) in [5, 5.41) is 0. The predicted molar refractivity (Wildman–Crippen MR) is 110 cm³/mol. The molecule has 0 N–H and O–H groups in total. The molecule has 0 fully saturated rings. The Balaban J connectivity index is 2.11. The molecule has 0 aliphatic heterocycles. The van der Waals surface area contributed by atoms with Crippen LogP contribution in [0.3, 0.4) is 0 Å². The van der Waals surface area contributed by atoms with Crippen LogP contribution in [0, 0.1) is 0 Å². The number of ether oxygens (including phenoxy) is 2. The maximum absolute atomic E-state index is 13.2. The second-order valence-electron chi connectivity index (χ2n) is 8.08. The quantitative estimate of drug-likeness (QED) is 0.447. The van der Waals surface area contributed by atoms with E-state index in [-0.39, 0.29) is 30.0 Å². The first kappa shape index (κ1) is 24.4. The maximum Gasteiger partial charge on any atom is 0.416 e. The number of rotatable bonds is 8. The minimum absolute atomic E-state index is 0.0312. The molecule has 5 nitrogen and oxygen atoms in total. The Morgan fingerprint density at radius 1 is 1.00 bits per heavy atom. The van der Waals surface area contributed by atoms with Crippen LogP contribution in [0.5, 0.6) is 5.75 Å². The van der Waals surface area contributed by atoms with Crippen molar-refractivity contribution in [2.24, 2.45) is 0 Å². The van der Waals surface area contributed by atoms with Crippen molar-refractivity contribution < 1.29 is 32.2 Å². The van der Waals surface area contributed by atoms with Crippen LogP contribution in [-0.4, -0.2) is 49.0 Å². The van der Waals surface area contributed by atoms with Gasteiger partial charge in [0.1, 0.15) is 18.0 Å². The first-order valence-corrected chi connectivity index (χ1v) is 9.71. The summed E-state index contributed by atoms with van der Waals surface area (Å²) in [6.45, 7) is 5.71. The molecule has 168 valence electrons. The highest BCUT2D eigenvalue weighted by atomic mass is 19.4. The summed E-state index contributed by atoms with van der Waals surface area (Å²) in [6.07, 6.45) is -4.59. The normalized spacial score (nSPS) is 12.0. The number of benzene rings is 2. The van der Waals surface area contributed by atoms with Crippen LogP contribution in [0.25, 0.3) is 0 Å². The van der Waals surface area contributed by atoms with E-state index < -0.39 is 29.1 Å². The number of carbonyl (C=O) groups is 2. The molecule has 2 aromatic rings. The summed E-state index contributed by atoms with van der Waals surface area (Å²) in [7, 11) is 1.69. The van der Waals surface area contributed by atoms with E-state index in [1.165, 1.54) is 12.1 Å². The molecule has 0 radical (unpaired) electrons. The Kier molecular flexibility index (Phi) is 7.84. The minimum atomic E-state index is -4.59. The fourth-order valence-corrected chi connectivity index (χ4v) is 2.74. The van der Waals surface area contributed by atoms with Crippen LogP contribution in [0.4, 0.5) is 13.2 Å². The number of hydrogen-bond acceptors (Lipinski definition) is 5. The van der Waals surface area contributed by atoms with Crippen LogP contribution in [0.15, 0.2) is 48.5 Å². The van der Waals surface area contributed by atoms with Crippen LogP contribution in [-0.2, 0) is 15.7 Å². The number of esters is 1. The van der Waals surface area contributed by atoms with Crippen molar-refractivity contribution in [3.8, 4) is 5.75 Å². The summed E-state index contributed by atoms with van der Waals surface area (Å²) in [5.74, 6) is -0.916. The fourth-order valence-electron chi connectivity index (χ4n) is 2.74.